The van der Waals surface area contributed by atoms with E-state index in [-0.39, 0.29) is 5.75 Å². The number of nitrogens with one attached hydrogen (secondary N) is 1. The summed E-state index contributed by atoms with van der Waals surface area (Å²) in [6.07, 6.45) is 3.17. The molecule has 1 aromatic rings. The zero-order chi connectivity index (χ0) is 12.9. The lowest BCUT2D eigenvalue weighted by molar-refractivity contribution is 0.100. The van der Waals surface area contributed by atoms with Crippen molar-refractivity contribution in [2.24, 2.45) is 5.73 Å². The lowest BCUT2D eigenvalue weighted by Crippen LogP contribution is -2.17. The summed E-state index contributed by atoms with van der Waals surface area (Å²) >= 11 is 0. The highest BCUT2D eigenvalue weighted by molar-refractivity contribution is 7.90. The molecule has 0 radical (unpaired) electrons. The molecule has 3 N–H and O–H groups in total. The second-order valence-electron chi connectivity index (χ2n) is 3.67. The van der Waals surface area contributed by atoms with Gasteiger partial charge in [-0.15, -0.1) is 0 Å². The van der Waals surface area contributed by atoms with E-state index in [1.807, 2.05) is 0 Å². The lowest BCUT2D eigenvalue weighted by Gasteiger charge is -2.07. The molecule has 1 amide bonds. The van der Waals surface area contributed by atoms with Gasteiger partial charge in [0.25, 0.3) is 5.91 Å². The normalized spacial score (nSPS) is 11.1. The van der Waals surface area contributed by atoms with Crippen molar-refractivity contribution >= 4 is 21.6 Å². The third-order valence-electron chi connectivity index (χ3n) is 2.06. The number of rotatable bonds is 6. The summed E-state index contributed by atoms with van der Waals surface area (Å²) in [5.74, 6) is -0.0872. The Hall–Kier alpha value is -1.63. The van der Waals surface area contributed by atoms with Gasteiger partial charge in [-0.1, -0.05) is 0 Å². The summed E-state index contributed by atoms with van der Waals surface area (Å²) in [6, 6.07) is 3.18. The molecule has 7 heteroatoms. The summed E-state index contributed by atoms with van der Waals surface area (Å²) in [4.78, 5) is 15.0. The highest BCUT2D eigenvalue weighted by atomic mass is 32.2. The van der Waals surface area contributed by atoms with Crippen molar-refractivity contribution in [1.82, 2.24) is 4.98 Å². The van der Waals surface area contributed by atoms with Crippen molar-refractivity contribution < 1.29 is 13.2 Å². The van der Waals surface area contributed by atoms with Gasteiger partial charge in [-0.2, -0.15) is 0 Å². The Morgan fingerprint density at radius 1 is 1.53 bits per heavy atom. The first-order chi connectivity index (χ1) is 7.90. The van der Waals surface area contributed by atoms with E-state index in [0.717, 1.165) is 0 Å². The number of hydrogen-bond acceptors (Lipinski definition) is 5. The molecule has 0 fully saturated rings. The number of anilines is 1. The van der Waals surface area contributed by atoms with E-state index in [0.29, 0.717) is 24.3 Å². The van der Waals surface area contributed by atoms with Crippen molar-refractivity contribution in [3.8, 4) is 0 Å². The minimum Gasteiger partial charge on any atom is -0.369 e. The number of carbonyl (C=O) groups is 1. The first-order valence-corrected chi connectivity index (χ1v) is 7.12. The highest BCUT2D eigenvalue weighted by Crippen LogP contribution is 2.10. The molecule has 0 bridgehead atoms. The van der Waals surface area contributed by atoms with Crippen LogP contribution in [0, 0.1) is 0 Å². The average molecular weight is 257 g/mol. The van der Waals surface area contributed by atoms with Crippen LogP contribution in [0.5, 0.6) is 0 Å². The van der Waals surface area contributed by atoms with Crippen LogP contribution in [0.3, 0.4) is 0 Å². The first-order valence-electron chi connectivity index (χ1n) is 5.06. The van der Waals surface area contributed by atoms with Gasteiger partial charge >= 0.3 is 0 Å². The second kappa shape index (κ2) is 5.62. The molecule has 0 aliphatic carbocycles. The van der Waals surface area contributed by atoms with Gasteiger partial charge in [-0.3, -0.25) is 4.79 Å². The molecular weight excluding hydrogens is 242 g/mol. The molecule has 1 rings (SSSR count). The summed E-state index contributed by atoms with van der Waals surface area (Å²) in [6.45, 7) is 0.421. The van der Waals surface area contributed by atoms with Crippen molar-refractivity contribution in [3.63, 3.8) is 0 Å². The number of primary amides is 1. The quantitative estimate of drug-likeness (QED) is 0.700. The molecule has 0 spiro atoms. The van der Waals surface area contributed by atoms with Crippen molar-refractivity contribution in [2.45, 2.75) is 6.42 Å². The number of sulfone groups is 1. The van der Waals surface area contributed by atoms with Crippen LogP contribution < -0.4 is 11.1 Å². The smallest absolute Gasteiger partial charge is 0.252 e. The van der Waals surface area contributed by atoms with Crippen molar-refractivity contribution in [3.05, 3.63) is 23.9 Å². The number of nitrogens with two attached hydrogens (primary N) is 1. The number of nitrogens with zero attached hydrogens (tertiary/aromatic N) is 1. The number of hydrogen-bond donors (Lipinski definition) is 2. The van der Waals surface area contributed by atoms with Crippen molar-refractivity contribution in [2.75, 3.05) is 23.9 Å². The molecule has 1 aromatic heterocycles. The standard InChI is InChI=1S/C10H15N3O3S/c1-17(15,16)7-3-6-13-10-8(9(11)14)4-2-5-12-10/h2,4-5H,3,6-7H2,1H3,(H2,11,14)(H,12,13). The Kier molecular flexibility index (Phi) is 4.45. The van der Waals surface area contributed by atoms with Crippen LogP contribution in [-0.4, -0.2) is 37.9 Å². The monoisotopic (exact) mass is 257 g/mol. The average Bonchev–Trinajstić information content (AvgIpc) is 2.23. The third kappa shape index (κ3) is 4.81. The Bertz CT molecular complexity index is 499. The van der Waals surface area contributed by atoms with Gasteiger partial charge in [0.15, 0.2) is 0 Å². The van der Waals surface area contributed by atoms with Gasteiger partial charge < -0.3 is 11.1 Å². The van der Waals surface area contributed by atoms with E-state index in [9.17, 15) is 13.2 Å². The van der Waals surface area contributed by atoms with Crippen molar-refractivity contribution in [1.29, 1.82) is 0 Å². The van der Waals surface area contributed by atoms with E-state index in [4.69, 9.17) is 5.73 Å². The van der Waals surface area contributed by atoms with Gasteiger partial charge in [0.2, 0.25) is 0 Å². The molecule has 0 atom stereocenters. The molecule has 0 aromatic carbocycles. The van der Waals surface area contributed by atoms with Gasteiger partial charge in [0.1, 0.15) is 15.7 Å². The predicted molar refractivity (Wildman–Crippen MR) is 65.6 cm³/mol. The first kappa shape index (κ1) is 13.4. The maximum atomic E-state index is 11.1. The summed E-state index contributed by atoms with van der Waals surface area (Å²) in [5.41, 5.74) is 5.47. The zero-order valence-corrected chi connectivity index (χ0v) is 10.3. The SMILES string of the molecule is CS(=O)(=O)CCCNc1ncccc1C(N)=O. The predicted octanol–water partition coefficient (Wildman–Crippen LogP) is 0.0271. The Morgan fingerprint density at radius 2 is 2.24 bits per heavy atom. The Balaban J connectivity index is 2.55. The molecule has 0 unspecified atom stereocenters. The van der Waals surface area contributed by atoms with Gasteiger partial charge in [0, 0.05) is 19.0 Å². The summed E-state index contributed by atoms with van der Waals surface area (Å²) in [7, 11) is -2.96. The highest BCUT2D eigenvalue weighted by Gasteiger charge is 2.08. The Labute approximate surface area is 100 Å². The van der Waals surface area contributed by atoms with Crippen LogP contribution in [0.1, 0.15) is 16.8 Å². The third-order valence-corrected chi connectivity index (χ3v) is 3.09. The minimum absolute atomic E-state index is 0.0960. The number of pyridine rings is 1. The van der Waals surface area contributed by atoms with Crippen LogP contribution in [0.15, 0.2) is 18.3 Å². The van der Waals surface area contributed by atoms with E-state index >= 15 is 0 Å². The Morgan fingerprint density at radius 3 is 2.82 bits per heavy atom. The minimum atomic E-state index is -2.96. The van der Waals surface area contributed by atoms with E-state index in [2.05, 4.69) is 10.3 Å². The molecule has 17 heavy (non-hydrogen) atoms. The van der Waals surface area contributed by atoms with Gasteiger partial charge in [-0.25, -0.2) is 13.4 Å². The number of carbonyl (C=O) groups excluding carboxylic acids is 1. The molecule has 0 saturated heterocycles. The fraction of sp³-hybridized carbons (Fsp3) is 0.400. The van der Waals surface area contributed by atoms with Gasteiger partial charge in [0.05, 0.1) is 11.3 Å². The van der Waals surface area contributed by atoms with E-state index in [1.165, 1.54) is 12.5 Å². The number of amides is 1. The fourth-order valence-corrected chi connectivity index (χ4v) is 1.95. The lowest BCUT2D eigenvalue weighted by atomic mass is 10.2. The maximum Gasteiger partial charge on any atom is 0.252 e. The molecule has 0 aliphatic heterocycles. The van der Waals surface area contributed by atoms with Crippen LogP contribution in [-0.2, 0) is 9.84 Å². The van der Waals surface area contributed by atoms with Crippen LogP contribution in [0.2, 0.25) is 0 Å². The summed E-state index contributed by atoms with van der Waals surface area (Å²) in [5, 5.41) is 2.89. The summed E-state index contributed by atoms with van der Waals surface area (Å²) < 4.78 is 21.8. The van der Waals surface area contributed by atoms with E-state index in [1.54, 1.807) is 12.1 Å². The van der Waals surface area contributed by atoms with Crippen LogP contribution in [0.4, 0.5) is 5.82 Å². The second-order valence-corrected chi connectivity index (χ2v) is 5.93. The van der Waals surface area contributed by atoms with E-state index < -0.39 is 15.7 Å². The topological polar surface area (TPSA) is 102 Å². The van der Waals surface area contributed by atoms with Crippen LogP contribution >= 0.6 is 0 Å². The maximum absolute atomic E-state index is 11.1. The molecule has 94 valence electrons. The fourth-order valence-electron chi connectivity index (χ4n) is 1.29. The number of aromatic nitrogens is 1. The van der Waals surface area contributed by atoms with Gasteiger partial charge in [-0.05, 0) is 18.6 Å². The molecule has 0 aliphatic rings. The molecule has 6 nitrogen and oxygen atoms in total. The molecular formula is C10H15N3O3S. The largest absolute Gasteiger partial charge is 0.369 e. The zero-order valence-electron chi connectivity index (χ0n) is 9.51. The molecule has 0 saturated carbocycles. The van der Waals surface area contributed by atoms with Crippen LogP contribution in [0.25, 0.3) is 0 Å². The molecule has 1 heterocycles.